The Labute approximate surface area is 121 Å². The average Bonchev–Trinajstić information content (AvgIpc) is 2.36. The van der Waals surface area contributed by atoms with Gasteiger partial charge in [-0.05, 0) is 19.4 Å². The fourth-order valence-electron chi connectivity index (χ4n) is 1.27. The second-order valence-corrected chi connectivity index (χ2v) is 6.69. The highest BCUT2D eigenvalue weighted by Crippen LogP contribution is 2.26. The van der Waals surface area contributed by atoms with Crippen LogP contribution in [0.4, 0.5) is 5.69 Å². The maximum atomic E-state index is 12.0. The largest absolute Gasteiger partial charge is 0.389 e. The molecule has 1 aromatic rings. The predicted molar refractivity (Wildman–Crippen MR) is 74.2 cm³/mol. The Balaban J connectivity index is 3.02. The second-order valence-electron chi connectivity index (χ2n) is 4.55. The molecule has 0 aromatic heterocycles. The Hall–Kier alpha value is -1.22. The first-order valence-electron chi connectivity index (χ1n) is 5.75. The quantitative estimate of drug-likeness (QED) is 0.611. The summed E-state index contributed by atoms with van der Waals surface area (Å²) in [7, 11) is -3.94. The minimum atomic E-state index is -3.94. The van der Waals surface area contributed by atoms with Crippen LogP contribution in [0.3, 0.4) is 0 Å². The van der Waals surface area contributed by atoms with E-state index in [0.717, 1.165) is 18.2 Å². The van der Waals surface area contributed by atoms with Crippen LogP contribution in [0.1, 0.15) is 20.3 Å². The molecule has 7 nitrogen and oxygen atoms in total. The van der Waals surface area contributed by atoms with Crippen LogP contribution < -0.4 is 4.72 Å². The van der Waals surface area contributed by atoms with Gasteiger partial charge in [-0.1, -0.05) is 18.5 Å². The Bertz CT molecular complexity index is 615. The summed E-state index contributed by atoms with van der Waals surface area (Å²) in [6, 6.07) is 3.08. The summed E-state index contributed by atoms with van der Waals surface area (Å²) in [5.41, 5.74) is -1.48. The van der Waals surface area contributed by atoms with Gasteiger partial charge in [0.2, 0.25) is 10.0 Å². The Morgan fingerprint density at radius 2 is 2.10 bits per heavy atom. The summed E-state index contributed by atoms with van der Waals surface area (Å²) in [5.74, 6) is 0. The molecule has 0 saturated carbocycles. The first kappa shape index (κ1) is 16.8. The van der Waals surface area contributed by atoms with Gasteiger partial charge in [-0.25, -0.2) is 13.1 Å². The maximum absolute atomic E-state index is 12.0. The van der Waals surface area contributed by atoms with Gasteiger partial charge in [0, 0.05) is 18.7 Å². The van der Waals surface area contributed by atoms with Gasteiger partial charge in [0.25, 0.3) is 5.69 Å². The molecule has 20 heavy (non-hydrogen) atoms. The van der Waals surface area contributed by atoms with Crippen molar-refractivity contribution >= 4 is 27.3 Å². The van der Waals surface area contributed by atoms with Crippen LogP contribution in [-0.2, 0) is 10.0 Å². The predicted octanol–water partition coefficient (Wildman–Crippen LogP) is 1.69. The number of benzene rings is 1. The summed E-state index contributed by atoms with van der Waals surface area (Å²) in [6.07, 6.45) is 0.365. The number of hydrogen-bond acceptors (Lipinski definition) is 5. The summed E-state index contributed by atoms with van der Waals surface area (Å²) in [6.45, 7) is 3.03. The van der Waals surface area contributed by atoms with E-state index in [2.05, 4.69) is 4.72 Å². The van der Waals surface area contributed by atoms with Gasteiger partial charge >= 0.3 is 0 Å². The molecule has 0 aliphatic rings. The van der Waals surface area contributed by atoms with Crippen molar-refractivity contribution < 1.29 is 18.4 Å². The van der Waals surface area contributed by atoms with E-state index in [-0.39, 0.29) is 22.2 Å². The molecule has 0 saturated heterocycles. The summed E-state index contributed by atoms with van der Waals surface area (Å²) in [4.78, 5) is 9.62. The molecule has 0 aliphatic carbocycles. The van der Waals surface area contributed by atoms with E-state index in [1.165, 1.54) is 6.92 Å². The smallest absolute Gasteiger partial charge is 0.271 e. The van der Waals surface area contributed by atoms with Crippen LogP contribution in [-0.4, -0.2) is 30.6 Å². The van der Waals surface area contributed by atoms with E-state index in [4.69, 9.17) is 11.6 Å². The Morgan fingerprint density at radius 1 is 1.50 bits per heavy atom. The number of aliphatic hydroxyl groups is 1. The number of hydrogen-bond donors (Lipinski definition) is 2. The fourth-order valence-corrected chi connectivity index (χ4v) is 2.97. The summed E-state index contributed by atoms with van der Waals surface area (Å²) >= 11 is 5.76. The first-order chi connectivity index (χ1) is 9.09. The monoisotopic (exact) mass is 322 g/mol. The SMILES string of the molecule is CCC(C)(O)CNS(=O)(=O)c1ccc([N+](=O)[O-])cc1Cl. The third kappa shape index (κ3) is 4.14. The van der Waals surface area contributed by atoms with Crippen molar-refractivity contribution in [1.82, 2.24) is 4.72 Å². The van der Waals surface area contributed by atoms with E-state index >= 15 is 0 Å². The van der Waals surface area contributed by atoms with Crippen molar-refractivity contribution in [2.45, 2.75) is 30.8 Å². The lowest BCUT2D eigenvalue weighted by molar-refractivity contribution is -0.384. The number of nitrogens with one attached hydrogen (secondary N) is 1. The van der Waals surface area contributed by atoms with Crippen LogP contribution in [0.5, 0.6) is 0 Å². The lowest BCUT2D eigenvalue weighted by Crippen LogP contribution is -2.40. The fraction of sp³-hybridized carbons (Fsp3) is 0.455. The van der Waals surface area contributed by atoms with Crippen LogP contribution in [0.25, 0.3) is 0 Å². The Morgan fingerprint density at radius 3 is 2.55 bits per heavy atom. The highest BCUT2D eigenvalue weighted by molar-refractivity contribution is 7.89. The van der Waals surface area contributed by atoms with Crippen molar-refractivity contribution in [2.75, 3.05) is 6.54 Å². The number of non-ortho nitro benzene ring substituents is 1. The number of nitrogens with zero attached hydrogens (tertiary/aromatic N) is 1. The minimum Gasteiger partial charge on any atom is -0.389 e. The molecule has 9 heteroatoms. The zero-order chi connectivity index (χ0) is 15.6. The topological polar surface area (TPSA) is 110 Å². The third-order valence-electron chi connectivity index (χ3n) is 2.82. The van der Waals surface area contributed by atoms with Gasteiger partial charge in [0.1, 0.15) is 4.90 Å². The minimum absolute atomic E-state index is 0.181. The van der Waals surface area contributed by atoms with Crippen LogP contribution >= 0.6 is 11.6 Å². The van der Waals surface area contributed by atoms with Crippen LogP contribution in [0.2, 0.25) is 5.02 Å². The number of sulfonamides is 1. The van der Waals surface area contributed by atoms with Gasteiger partial charge < -0.3 is 5.11 Å². The summed E-state index contributed by atoms with van der Waals surface area (Å²) < 4.78 is 26.3. The second kappa shape index (κ2) is 6.04. The molecular weight excluding hydrogens is 308 g/mol. The standard InChI is InChI=1S/C11H15ClN2O5S/c1-3-11(2,15)7-13-20(18,19)10-5-4-8(14(16)17)6-9(10)12/h4-6,13,15H,3,7H2,1-2H3. The zero-order valence-corrected chi connectivity index (χ0v) is 12.5. The van der Waals surface area contributed by atoms with E-state index in [1.54, 1.807) is 6.92 Å². The number of nitro groups is 1. The van der Waals surface area contributed by atoms with Crippen molar-refractivity contribution in [1.29, 1.82) is 0 Å². The van der Waals surface area contributed by atoms with Crippen molar-refractivity contribution in [3.05, 3.63) is 33.3 Å². The highest BCUT2D eigenvalue weighted by Gasteiger charge is 2.25. The lowest BCUT2D eigenvalue weighted by atomic mass is 10.1. The van der Waals surface area contributed by atoms with Crippen molar-refractivity contribution in [3.8, 4) is 0 Å². The van der Waals surface area contributed by atoms with E-state index in [1.807, 2.05) is 0 Å². The third-order valence-corrected chi connectivity index (χ3v) is 4.70. The molecule has 0 spiro atoms. The average molecular weight is 323 g/mol. The highest BCUT2D eigenvalue weighted by atomic mass is 35.5. The molecule has 112 valence electrons. The van der Waals surface area contributed by atoms with Crippen LogP contribution in [0.15, 0.2) is 23.1 Å². The number of rotatable bonds is 6. The molecule has 1 unspecified atom stereocenters. The molecule has 0 aliphatic heterocycles. The molecule has 1 atom stereocenters. The van der Waals surface area contributed by atoms with E-state index in [9.17, 15) is 23.6 Å². The molecule has 2 N–H and O–H groups in total. The molecule has 0 heterocycles. The Kier molecular flexibility index (Phi) is 5.09. The van der Waals surface area contributed by atoms with Gasteiger partial charge in [-0.15, -0.1) is 0 Å². The summed E-state index contributed by atoms with van der Waals surface area (Å²) in [5, 5.41) is 20.1. The number of halogens is 1. The van der Waals surface area contributed by atoms with E-state index in [0.29, 0.717) is 6.42 Å². The number of nitro benzene ring substituents is 1. The van der Waals surface area contributed by atoms with Gasteiger partial charge in [-0.2, -0.15) is 0 Å². The molecule has 0 bridgehead atoms. The van der Waals surface area contributed by atoms with Crippen molar-refractivity contribution in [2.24, 2.45) is 0 Å². The van der Waals surface area contributed by atoms with Crippen molar-refractivity contribution in [3.63, 3.8) is 0 Å². The van der Waals surface area contributed by atoms with Crippen LogP contribution in [0, 0.1) is 10.1 Å². The molecular formula is C11H15ClN2O5S. The molecule has 0 fully saturated rings. The molecule has 0 radical (unpaired) electrons. The van der Waals surface area contributed by atoms with Gasteiger partial charge in [0.05, 0.1) is 15.5 Å². The van der Waals surface area contributed by atoms with Gasteiger partial charge in [-0.3, -0.25) is 10.1 Å². The van der Waals surface area contributed by atoms with E-state index < -0.39 is 20.5 Å². The zero-order valence-electron chi connectivity index (χ0n) is 11.0. The molecule has 1 aromatic carbocycles. The first-order valence-corrected chi connectivity index (χ1v) is 7.61. The maximum Gasteiger partial charge on any atom is 0.271 e. The van der Waals surface area contributed by atoms with Gasteiger partial charge in [0.15, 0.2) is 0 Å². The normalized spacial score (nSPS) is 14.8. The lowest BCUT2D eigenvalue weighted by Gasteiger charge is -2.21. The molecule has 1 rings (SSSR count). The molecule has 0 amide bonds.